The maximum Gasteiger partial charge on any atom is 0.141 e. The summed E-state index contributed by atoms with van der Waals surface area (Å²) in [5.74, 6) is 0.960. The second-order valence-corrected chi connectivity index (χ2v) is 5.32. The van der Waals surface area contributed by atoms with Gasteiger partial charge in [-0.2, -0.15) is 0 Å². The summed E-state index contributed by atoms with van der Waals surface area (Å²) in [6, 6.07) is 11.7. The van der Waals surface area contributed by atoms with Crippen LogP contribution in [-0.2, 0) is 6.54 Å². The van der Waals surface area contributed by atoms with Gasteiger partial charge in [0.2, 0.25) is 0 Å². The molecule has 3 rings (SSSR count). The van der Waals surface area contributed by atoms with Gasteiger partial charge in [-0.05, 0) is 55.8 Å². The van der Waals surface area contributed by atoms with Crippen LogP contribution in [0.25, 0.3) is 22.4 Å². The molecule has 0 spiro atoms. The second kappa shape index (κ2) is 4.84. The predicted octanol–water partition coefficient (Wildman–Crippen LogP) is 4.27. The molecule has 0 aliphatic carbocycles. The number of nitrogen functional groups attached to an aromatic ring is 1. The largest absolute Gasteiger partial charge is 0.399 e. The smallest absolute Gasteiger partial charge is 0.141 e. The Labute approximate surface area is 123 Å². The number of aryl methyl sites for hydroxylation is 2. The zero-order chi connectivity index (χ0) is 14.3. The van der Waals surface area contributed by atoms with E-state index in [2.05, 4.69) is 18.4 Å². The van der Waals surface area contributed by atoms with Gasteiger partial charge >= 0.3 is 0 Å². The number of hydrogen-bond acceptors (Lipinski definition) is 2. The van der Waals surface area contributed by atoms with Crippen LogP contribution in [0.1, 0.15) is 12.5 Å². The highest BCUT2D eigenvalue weighted by Gasteiger charge is 2.13. The second-order valence-electron chi connectivity index (χ2n) is 4.89. The number of halogens is 1. The topological polar surface area (TPSA) is 43.8 Å². The van der Waals surface area contributed by atoms with Crippen molar-refractivity contribution >= 4 is 28.3 Å². The molecular weight excluding hydrogens is 270 g/mol. The van der Waals surface area contributed by atoms with Crippen molar-refractivity contribution in [1.82, 2.24) is 9.55 Å². The Morgan fingerprint density at radius 1 is 1.20 bits per heavy atom. The summed E-state index contributed by atoms with van der Waals surface area (Å²) >= 11 is 6.10. The van der Waals surface area contributed by atoms with E-state index in [1.54, 1.807) is 0 Å². The Morgan fingerprint density at radius 2 is 2.00 bits per heavy atom. The molecule has 0 aliphatic heterocycles. The molecule has 102 valence electrons. The molecule has 0 saturated heterocycles. The Balaban J connectivity index is 2.30. The number of anilines is 1. The van der Waals surface area contributed by atoms with Crippen molar-refractivity contribution in [3.05, 3.63) is 47.0 Å². The number of imidazole rings is 1. The van der Waals surface area contributed by atoms with Gasteiger partial charge in [0.05, 0.1) is 11.0 Å². The van der Waals surface area contributed by atoms with Gasteiger partial charge in [-0.15, -0.1) is 0 Å². The first-order valence-electron chi connectivity index (χ1n) is 6.62. The summed E-state index contributed by atoms with van der Waals surface area (Å²) in [6.07, 6.45) is 0. The molecular formula is C16H16ClN3. The molecule has 0 bridgehead atoms. The van der Waals surface area contributed by atoms with Gasteiger partial charge in [0.25, 0.3) is 0 Å². The van der Waals surface area contributed by atoms with Gasteiger partial charge in [0, 0.05) is 22.8 Å². The Hall–Kier alpha value is -2.00. The number of nitrogens with zero attached hydrogens (tertiary/aromatic N) is 2. The van der Waals surface area contributed by atoms with E-state index in [1.807, 2.05) is 36.4 Å². The van der Waals surface area contributed by atoms with E-state index in [0.29, 0.717) is 0 Å². The Morgan fingerprint density at radius 3 is 2.70 bits per heavy atom. The number of hydrogen-bond donors (Lipinski definition) is 1. The minimum Gasteiger partial charge on any atom is -0.399 e. The molecule has 20 heavy (non-hydrogen) atoms. The van der Waals surface area contributed by atoms with Gasteiger partial charge in [0.1, 0.15) is 5.82 Å². The van der Waals surface area contributed by atoms with Crippen LogP contribution in [0.15, 0.2) is 36.4 Å². The van der Waals surface area contributed by atoms with Gasteiger partial charge in [-0.1, -0.05) is 11.6 Å². The first-order chi connectivity index (χ1) is 9.60. The van der Waals surface area contributed by atoms with Crippen molar-refractivity contribution in [2.24, 2.45) is 0 Å². The van der Waals surface area contributed by atoms with Crippen LogP contribution in [0.4, 0.5) is 5.69 Å². The summed E-state index contributed by atoms with van der Waals surface area (Å²) in [6.45, 7) is 5.01. The summed E-state index contributed by atoms with van der Waals surface area (Å²) in [7, 11) is 0. The number of benzene rings is 2. The van der Waals surface area contributed by atoms with Crippen LogP contribution in [0, 0.1) is 6.92 Å². The van der Waals surface area contributed by atoms with E-state index in [4.69, 9.17) is 22.3 Å². The van der Waals surface area contributed by atoms with Gasteiger partial charge in [-0.25, -0.2) is 4.98 Å². The molecule has 4 heteroatoms. The summed E-state index contributed by atoms with van der Waals surface area (Å²) in [5.41, 5.74) is 10.9. The summed E-state index contributed by atoms with van der Waals surface area (Å²) < 4.78 is 2.18. The minimum atomic E-state index is 0.729. The molecule has 0 aliphatic rings. The maximum absolute atomic E-state index is 6.10. The number of aromatic nitrogens is 2. The molecule has 1 heterocycles. The highest BCUT2D eigenvalue weighted by molar-refractivity contribution is 6.31. The highest BCUT2D eigenvalue weighted by Crippen LogP contribution is 2.29. The van der Waals surface area contributed by atoms with Gasteiger partial charge in [-0.3, -0.25) is 0 Å². The van der Waals surface area contributed by atoms with Crippen LogP contribution in [-0.4, -0.2) is 9.55 Å². The average Bonchev–Trinajstić information content (AvgIpc) is 2.76. The number of fused-ring (bicyclic) bond motifs is 1. The third kappa shape index (κ3) is 2.04. The van der Waals surface area contributed by atoms with Gasteiger partial charge in [0.15, 0.2) is 0 Å². The molecule has 3 aromatic rings. The molecule has 0 amide bonds. The number of rotatable bonds is 2. The normalized spacial score (nSPS) is 11.2. The summed E-state index contributed by atoms with van der Waals surface area (Å²) in [4.78, 5) is 4.75. The Kier molecular flexibility index (Phi) is 3.14. The highest BCUT2D eigenvalue weighted by atomic mass is 35.5. The standard InChI is InChI=1S/C16H16ClN3/c1-3-20-15-9-11(17)4-7-14(15)19-16(20)13-6-5-12(18)8-10(13)2/h4-9H,3,18H2,1-2H3. The molecule has 0 atom stereocenters. The fourth-order valence-corrected chi connectivity index (χ4v) is 2.73. The van der Waals surface area contributed by atoms with Crippen LogP contribution >= 0.6 is 11.6 Å². The molecule has 2 N–H and O–H groups in total. The lowest BCUT2D eigenvalue weighted by atomic mass is 10.1. The number of nitrogens with two attached hydrogens (primary N) is 1. The molecule has 0 radical (unpaired) electrons. The third-order valence-corrected chi connectivity index (χ3v) is 3.75. The van der Waals surface area contributed by atoms with E-state index in [0.717, 1.165) is 45.2 Å². The molecule has 1 aromatic heterocycles. The summed E-state index contributed by atoms with van der Waals surface area (Å²) in [5, 5.41) is 0.729. The van der Waals surface area contributed by atoms with Crippen LogP contribution in [0.3, 0.4) is 0 Å². The monoisotopic (exact) mass is 285 g/mol. The van der Waals surface area contributed by atoms with E-state index < -0.39 is 0 Å². The third-order valence-electron chi connectivity index (χ3n) is 3.52. The molecule has 0 saturated carbocycles. The SMILES string of the molecule is CCn1c(-c2ccc(N)cc2C)nc2ccc(Cl)cc21. The van der Waals surface area contributed by atoms with Crippen LogP contribution in [0.2, 0.25) is 5.02 Å². The van der Waals surface area contributed by atoms with Crippen molar-refractivity contribution in [2.75, 3.05) is 5.73 Å². The lowest BCUT2D eigenvalue weighted by Crippen LogP contribution is -1.99. The zero-order valence-electron chi connectivity index (χ0n) is 11.5. The lowest BCUT2D eigenvalue weighted by Gasteiger charge is -2.09. The fraction of sp³-hybridized carbons (Fsp3) is 0.188. The average molecular weight is 286 g/mol. The lowest BCUT2D eigenvalue weighted by molar-refractivity contribution is 0.796. The van der Waals surface area contributed by atoms with Crippen molar-refractivity contribution in [3.63, 3.8) is 0 Å². The minimum absolute atomic E-state index is 0.729. The van der Waals surface area contributed by atoms with E-state index in [-0.39, 0.29) is 0 Å². The predicted molar refractivity (Wildman–Crippen MR) is 85.0 cm³/mol. The van der Waals surface area contributed by atoms with Crippen LogP contribution in [0.5, 0.6) is 0 Å². The maximum atomic E-state index is 6.10. The molecule has 0 unspecified atom stereocenters. The van der Waals surface area contributed by atoms with E-state index in [1.165, 1.54) is 0 Å². The molecule has 2 aromatic carbocycles. The quantitative estimate of drug-likeness (QED) is 0.715. The van der Waals surface area contributed by atoms with Gasteiger partial charge < -0.3 is 10.3 Å². The van der Waals surface area contributed by atoms with Crippen molar-refractivity contribution in [1.29, 1.82) is 0 Å². The van der Waals surface area contributed by atoms with E-state index >= 15 is 0 Å². The Bertz CT molecular complexity index is 790. The van der Waals surface area contributed by atoms with E-state index in [9.17, 15) is 0 Å². The van der Waals surface area contributed by atoms with Crippen molar-refractivity contribution in [2.45, 2.75) is 20.4 Å². The first-order valence-corrected chi connectivity index (χ1v) is 7.00. The zero-order valence-corrected chi connectivity index (χ0v) is 12.3. The fourth-order valence-electron chi connectivity index (χ4n) is 2.56. The van der Waals surface area contributed by atoms with Crippen molar-refractivity contribution < 1.29 is 0 Å². The molecule has 3 nitrogen and oxygen atoms in total. The first kappa shape index (κ1) is 13.0. The van der Waals surface area contributed by atoms with Crippen molar-refractivity contribution in [3.8, 4) is 11.4 Å². The van der Waals surface area contributed by atoms with Crippen LogP contribution < -0.4 is 5.73 Å². The molecule has 0 fully saturated rings.